The lowest BCUT2D eigenvalue weighted by molar-refractivity contribution is -0.139. The normalized spacial score (nSPS) is 12.2. The standard InChI is InChI=1S/C23H29ClFN3O4S/c1-4-5-13-26-23(30)17(2)27(15-18-9-7-6-8-10-18)22(29)16-28(33(3,31)32)19-11-12-21(25)20(24)14-19/h6-12,14,17H,4-5,13,15-16H2,1-3H3,(H,26,30)/t17-/m0/s1. The van der Waals surface area contributed by atoms with Crippen molar-refractivity contribution in [2.24, 2.45) is 0 Å². The molecule has 0 fully saturated rings. The molecule has 0 radical (unpaired) electrons. The highest BCUT2D eigenvalue weighted by Crippen LogP contribution is 2.25. The summed E-state index contributed by atoms with van der Waals surface area (Å²) in [6.07, 6.45) is 2.66. The molecule has 0 aliphatic carbocycles. The molecule has 1 N–H and O–H groups in total. The number of carbonyl (C=O) groups is 2. The Hall–Kier alpha value is -2.65. The van der Waals surface area contributed by atoms with Gasteiger partial charge in [0.1, 0.15) is 18.4 Å². The number of hydrogen-bond donors (Lipinski definition) is 1. The van der Waals surface area contributed by atoms with Crippen LogP contribution in [0.5, 0.6) is 0 Å². The average molecular weight is 498 g/mol. The summed E-state index contributed by atoms with van der Waals surface area (Å²) >= 11 is 5.82. The minimum atomic E-state index is -3.91. The van der Waals surface area contributed by atoms with Crippen LogP contribution in [-0.2, 0) is 26.2 Å². The lowest BCUT2D eigenvalue weighted by atomic mass is 10.1. The maximum Gasteiger partial charge on any atom is 0.244 e. The summed E-state index contributed by atoms with van der Waals surface area (Å²) < 4.78 is 39.4. The van der Waals surface area contributed by atoms with E-state index in [0.717, 1.165) is 41.1 Å². The number of carbonyl (C=O) groups excluding carboxylic acids is 2. The van der Waals surface area contributed by atoms with Crippen LogP contribution in [0.1, 0.15) is 32.3 Å². The number of unbranched alkanes of at least 4 members (excludes halogenated alkanes) is 1. The van der Waals surface area contributed by atoms with Crippen molar-refractivity contribution in [3.05, 3.63) is 64.9 Å². The topological polar surface area (TPSA) is 86.8 Å². The van der Waals surface area contributed by atoms with E-state index in [-0.39, 0.29) is 23.2 Å². The van der Waals surface area contributed by atoms with Crippen molar-refractivity contribution < 1.29 is 22.4 Å². The van der Waals surface area contributed by atoms with Crippen LogP contribution in [0.4, 0.5) is 10.1 Å². The van der Waals surface area contributed by atoms with Crippen LogP contribution in [-0.4, -0.2) is 50.5 Å². The molecule has 2 rings (SSSR count). The Labute approximate surface area is 199 Å². The van der Waals surface area contributed by atoms with Crippen molar-refractivity contribution in [1.29, 1.82) is 0 Å². The van der Waals surface area contributed by atoms with Crippen LogP contribution >= 0.6 is 11.6 Å². The molecule has 7 nitrogen and oxygen atoms in total. The number of halogens is 2. The van der Waals surface area contributed by atoms with Crippen LogP contribution < -0.4 is 9.62 Å². The number of sulfonamides is 1. The minimum Gasteiger partial charge on any atom is -0.354 e. The monoisotopic (exact) mass is 497 g/mol. The molecule has 33 heavy (non-hydrogen) atoms. The summed E-state index contributed by atoms with van der Waals surface area (Å²) in [5.41, 5.74) is 0.840. The molecule has 2 amide bonds. The molecule has 0 unspecified atom stereocenters. The number of nitrogens with zero attached hydrogens (tertiary/aromatic N) is 2. The molecule has 0 saturated heterocycles. The van der Waals surface area contributed by atoms with Gasteiger partial charge in [-0.25, -0.2) is 12.8 Å². The maximum atomic E-state index is 13.6. The third-order valence-corrected chi connectivity index (χ3v) is 6.49. The first-order valence-electron chi connectivity index (χ1n) is 10.6. The van der Waals surface area contributed by atoms with E-state index in [1.165, 1.54) is 11.0 Å². The van der Waals surface area contributed by atoms with E-state index in [4.69, 9.17) is 11.6 Å². The lowest BCUT2D eigenvalue weighted by Crippen LogP contribution is -2.51. The van der Waals surface area contributed by atoms with E-state index in [1.807, 2.05) is 37.3 Å². The summed E-state index contributed by atoms with van der Waals surface area (Å²) in [5.74, 6) is -1.62. The zero-order chi connectivity index (χ0) is 24.6. The Bertz CT molecular complexity index is 1070. The summed E-state index contributed by atoms with van der Waals surface area (Å²) in [7, 11) is -3.91. The Morgan fingerprint density at radius 3 is 2.39 bits per heavy atom. The highest BCUT2D eigenvalue weighted by Gasteiger charge is 2.30. The molecule has 2 aromatic carbocycles. The third kappa shape index (κ3) is 7.71. The largest absolute Gasteiger partial charge is 0.354 e. The van der Waals surface area contributed by atoms with Crippen molar-refractivity contribution in [2.75, 3.05) is 23.7 Å². The number of anilines is 1. The zero-order valence-corrected chi connectivity index (χ0v) is 20.5. The van der Waals surface area contributed by atoms with Gasteiger partial charge in [0.15, 0.2) is 0 Å². The Morgan fingerprint density at radius 2 is 1.82 bits per heavy atom. The van der Waals surface area contributed by atoms with Gasteiger partial charge in [0, 0.05) is 13.1 Å². The summed E-state index contributed by atoms with van der Waals surface area (Å²) in [6.45, 7) is 3.63. The van der Waals surface area contributed by atoms with Crippen LogP contribution in [0.3, 0.4) is 0 Å². The van der Waals surface area contributed by atoms with Crippen molar-refractivity contribution in [1.82, 2.24) is 10.2 Å². The summed E-state index contributed by atoms with van der Waals surface area (Å²) in [6, 6.07) is 11.7. The van der Waals surface area contributed by atoms with Crippen LogP contribution in [0.15, 0.2) is 48.5 Å². The van der Waals surface area contributed by atoms with E-state index >= 15 is 0 Å². The van der Waals surface area contributed by atoms with Gasteiger partial charge in [0.25, 0.3) is 0 Å². The number of nitrogens with one attached hydrogen (secondary N) is 1. The van der Waals surface area contributed by atoms with Gasteiger partial charge < -0.3 is 10.2 Å². The molecule has 0 spiro atoms. The first kappa shape index (κ1) is 26.6. The summed E-state index contributed by atoms with van der Waals surface area (Å²) in [4.78, 5) is 27.4. The second kappa shape index (κ2) is 12.0. The van der Waals surface area contributed by atoms with Gasteiger partial charge in [-0.15, -0.1) is 0 Å². The quantitative estimate of drug-likeness (QED) is 0.481. The SMILES string of the molecule is CCCCNC(=O)[C@H](C)N(Cc1ccccc1)C(=O)CN(c1ccc(F)c(Cl)c1)S(C)(=O)=O. The highest BCUT2D eigenvalue weighted by molar-refractivity contribution is 7.92. The number of benzene rings is 2. The van der Waals surface area contributed by atoms with Crippen LogP contribution in [0.2, 0.25) is 5.02 Å². The fraction of sp³-hybridized carbons (Fsp3) is 0.391. The maximum absolute atomic E-state index is 13.6. The number of rotatable bonds is 11. The fourth-order valence-electron chi connectivity index (χ4n) is 3.15. The van der Waals surface area contributed by atoms with Gasteiger partial charge in [-0.3, -0.25) is 13.9 Å². The molecule has 0 bridgehead atoms. The molecule has 0 aromatic heterocycles. The Balaban J connectivity index is 2.34. The molecule has 2 aromatic rings. The predicted molar refractivity (Wildman–Crippen MR) is 128 cm³/mol. The van der Waals surface area contributed by atoms with Crippen LogP contribution in [0.25, 0.3) is 0 Å². The van der Waals surface area contributed by atoms with Crippen molar-refractivity contribution in [3.8, 4) is 0 Å². The molecule has 10 heteroatoms. The molecular weight excluding hydrogens is 469 g/mol. The minimum absolute atomic E-state index is 0.0527. The fourth-order valence-corrected chi connectivity index (χ4v) is 4.17. The molecule has 0 aliphatic rings. The van der Waals surface area contributed by atoms with Gasteiger partial charge in [-0.2, -0.15) is 0 Å². The zero-order valence-electron chi connectivity index (χ0n) is 18.9. The Kier molecular flexibility index (Phi) is 9.67. The average Bonchev–Trinajstić information content (AvgIpc) is 2.77. The van der Waals surface area contributed by atoms with Crippen LogP contribution in [0, 0.1) is 5.82 Å². The highest BCUT2D eigenvalue weighted by atomic mass is 35.5. The predicted octanol–water partition coefficient (Wildman–Crippen LogP) is 3.58. The molecule has 0 aliphatic heterocycles. The van der Waals surface area contributed by atoms with Gasteiger partial charge >= 0.3 is 0 Å². The van der Waals surface area contributed by atoms with E-state index in [1.54, 1.807) is 6.92 Å². The van der Waals surface area contributed by atoms with E-state index < -0.39 is 34.3 Å². The third-order valence-electron chi connectivity index (χ3n) is 5.06. The van der Waals surface area contributed by atoms with Gasteiger partial charge in [0.05, 0.1) is 17.0 Å². The van der Waals surface area contributed by atoms with E-state index in [2.05, 4.69) is 5.32 Å². The molecule has 0 saturated carbocycles. The van der Waals surface area contributed by atoms with Crippen molar-refractivity contribution in [3.63, 3.8) is 0 Å². The first-order valence-corrected chi connectivity index (χ1v) is 12.8. The van der Waals surface area contributed by atoms with Gasteiger partial charge in [-0.05, 0) is 37.1 Å². The lowest BCUT2D eigenvalue weighted by Gasteiger charge is -2.31. The molecular formula is C23H29ClFN3O4S. The second-order valence-corrected chi connectivity index (χ2v) is 10.0. The Morgan fingerprint density at radius 1 is 1.15 bits per heavy atom. The van der Waals surface area contributed by atoms with Gasteiger partial charge in [0.2, 0.25) is 21.8 Å². The second-order valence-electron chi connectivity index (χ2n) is 7.70. The molecule has 1 atom stereocenters. The van der Waals surface area contributed by atoms with Crippen molar-refractivity contribution >= 4 is 39.1 Å². The van der Waals surface area contributed by atoms with E-state index in [9.17, 15) is 22.4 Å². The molecule has 0 heterocycles. The smallest absolute Gasteiger partial charge is 0.244 e. The van der Waals surface area contributed by atoms with Gasteiger partial charge in [-0.1, -0.05) is 55.3 Å². The number of amides is 2. The molecule has 180 valence electrons. The number of hydrogen-bond acceptors (Lipinski definition) is 4. The summed E-state index contributed by atoms with van der Waals surface area (Å²) in [5, 5.41) is 2.54. The van der Waals surface area contributed by atoms with E-state index in [0.29, 0.717) is 6.54 Å². The van der Waals surface area contributed by atoms with Crippen molar-refractivity contribution in [2.45, 2.75) is 39.3 Å². The first-order chi connectivity index (χ1) is 15.5.